The van der Waals surface area contributed by atoms with Gasteiger partial charge in [-0.15, -0.1) is 5.10 Å². The maximum atomic E-state index is 9.71. The van der Waals surface area contributed by atoms with E-state index in [1.165, 1.54) is 5.56 Å². The summed E-state index contributed by atoms with van der Waals surface area (Å²) in [5.74, 6) is -0.0680. The molecule has 3 rings (SSSR count). The van der Waals surface area contributed by atoms with Crippen LogP contribution in [0.25, 0.3) is 21.7 Å². The number of nitrogens with zero attached hydrogens (tertiary/aromatic N) is 3. The molecule has 1 aromatic heterocycles. The Morgan fingerprint density at radius 2 is 1.82 bits per heavy atom. The zero-order valence-electron chi connectivity index (χ0n) is 9.60. The number of aromatic hydroxyl groups is 1. The van der Waals surface area contributed by atoms with Gasteiger partial charge in [0.05, 0.1) is 5.39 Å². The summed E-state index contributed by atoms with van der Waals surface area (Å²) in [5.41, 5.74) is 2.90. The minimum Gasteiger partial charge on any atom is -0.492 e. The van der Waals surface area contributed by atoms with Crippen molar-refractivity contribution >= 4 is 21.7 Å². The van der Waals surface area contributed by atoms with Crippen molar-refractivity contribution in [3.63, 3.8) is 0 Å². The highest BCUT2D eigenvalue weighted by Crippen LogP contribution is 2.29. The molecule has 0 amide bonds. The van der Waals surface area contributed by atoms with Crippen molar-refractivity contribution in [2.45, 2.75) is 13.8 Å². The average molecular weight is 225 g/mol. The van der Waals surface area contributed by atoms with Crippen LogP contribution in [0, 0.1) is 13.8 Å². The third kappa shape index (κ3) is 1.41. The van der Waals surface area contributed by atoms with E-state index in [1.807, 2.05) is 19.9 Å². The van der Waals surface area contributed by atoms with Crippen LogP contribution in [0.4, 0.5) is 0 Å². The summed E-state index contributed by atoms with van der Waals surface area (Å²) in [5, 5.41) is 23.7. The monoisotopic (exact) mass is 225 g/mol. The average Bonchev–Trinajstić information content (AvgIpc) is 2.30. The molecule has 4 nitrogen and oxygen atoms in total. The van der Waals surface area contributed by atoms with Gasteiger partial charge in [0.25, 0.3) is 0 Å². The second-order valence-electron chi connectivity index (χ2n) is 4.24. The molecule has 17 heavy (non-hydrogen) atoms. The van der Waals surface area contributed by atoms with Crippen LogP contribution in [0.5, 0.6) is 5.88 Å². The highest BCUT2D eigenvalue weighted by atomic mass is 16.3. The first-order chi connectivity index (χ1) is 8.16. The van der Waals surface area contributed by atoms with Crippen LogP contribution in [0.3, 0.4) is 0 Å². The van der Waals surface area contributed by atoms with Gasteiger partial charge >= 0.3 is 0 Å². The Morgan fingerprint density at radius 1 is 1.00 bits per heavy atom. The predicted molar refractivity (Wildman–Crippen MR) is 66.0 cm³/mol. The quantitative estimate of drug-likeness (QED) is 0.597. The Kier molecular flexibility index (Phi) is 1.98. The zero-order chi connectivity index (χ0) is 12.0. The number of rotatable bonds is 0. The van der Waals surface area contributed by atoms with Gasteiger partial charge in [0.2, 0.25) is 5.88 Å². The number of aromatic nitrogens is 3. The topological polar surface area (TPSA) is 58.9 Å². The van der Waals surface area contributed by atoms with Crippen LogP contribution in [-0.2, 0) is 0 Å². The second-order valence-corrected chi connectivity index (χ2v) is 4.24. The van der Waals surface area contributed by atoms with E-state index in [0.29, 0.717) is 10.9 Å². The molecule has 0 aliphatic heterocycles. The molecular formula is C13H11N3O. The Balaban J connectivity index is 2.57. The van der Waals surface area contributed by atoms with E-state index in [2.05, 4.69) is 33.6 Å². The molecule has 0 aliphatic carbocycles. The largest absolute Gasteiger partial charge is 0.492 e. The molecule has 84 valence electrons. The molecule has 0 unspecified atom stereocenters. The zero-order valence-corrected chi connectivity index (χ0v) is 9.60. The summed E-state index contributed by atoms with van der Waals surface area (Å²) in [7, 11) is 0. The second kappa shape index (κ2) is 3.38. The van der Waals surface area contributed by atoms with Crippen LogP contribution in [0.2, 0.25) is 0 Å². The van der Waals surface area contributed by atoms with E-state index < -0.39 is 0 Å². The van der Waals surface area contributed by atoms with Crippen LogP contribution in [-0.4, -0.2) is 20.5 Å². The standard InChI is InChI=1S/C13H11N3O/c1-7-3-4-10-8(2)12-11(6-9(10)5-7)13(17)15-16-14-12/h3-6H,1-2H3,(H,14,15,17). The SMILES string of the molecule is Cc1ccc2c(C)c3nnnc(O)c3cc2c1. The summed E-state index contributed by atoms with van der Waals surface area (Å²) >= 11 is 0. The van der Waals surface area contributed by atoms with Gasteiger partial charge in [0.15, 0.2) is 0 Å². The van der Waals surface area contributed by atoms with Crippen LogP contribution in [0.1, 0.15) is 11.1 Å². The number of aryl methyl sites for hydroxylation is 2. The van der Waals surface area contributed by atoms with Gasteiger partial charge in [-0.2, -0.15) is 0 Å². The summed E-state index contributed by atoms with van der Waals surface area (Å²) in [6.45, 7) is 4.02. The summed E-state index contributed by atoms with van der Waals surface area (Å²) in [6, 6.07) is 8.12. The summed E-state index contributed by atoms with van der Waals surface area (Å²) in [6.07, 6.45) is 0. The molecule has 0 saturated heterocycles. The first-order valence-electron chi connectivity index (χ1n) is 5.39. The first-order valence-corrected chi connectivity index (χ1v) is 5.39. The fraction of sp³-hybridized carbons (Fsp3) is 0.154. The van der Waals surface area contributed by atoms with Gasteiger partial charge in [0, 0.05) is 0 Å². The van der Waals surface area contributed by atoms with Gasteiger partial charge in [-0.3, -0.25) is 0 Å². The lowest BCUT2D eigenvalue weighted by Crippen LogP contribution is -1.92. The number of hydrogen-bond donors (Lipinski definition) is 1. The molecule has 1 N–H and O–H groups in total. The summed E-state index contributed by atoms with van der Waals surface area (Å²) < 4.78 is 0. The van der Waals surface area contributed by atoms with Crippen LogP contribution in [0.15, 0.2) is 24.3 Å². The highest BCUT2D eigenvalue weighted by molar-refractivity contribution is 6.01. The number of fused-ring (bicyclic) bond motifs is 2. The van der Waals surface area contributed by atoms with E-state index in [-0.39, 0.29) is 5.88 Å². The molecule has 0 bridgehead atoms. The Morgan fingerprint density at radius 3 is 2.65 bits per heavy atom. The predicted octanol–water partition coefficient (Wildman–Crippen LogP) is 2.50. The first kappa shape index (κ1) is 9.96. The van der Waals surface area contributed by atoms with E-state index in [1.54, 1.807) is 0 Å². The van der Waals surface area contributed by atoms with Gasteiger partial charge in [-0.05, 0) is 41.5 Å². The Hall–Kier alpha value is -2.23. The Bertz CT molecular complexity index is 737. The molecule has 0 spiro atoms. The summed E-state index contributed by atoms with van der Waals surface area (Å²) in [4.78, 5) is 0. The molecule has 2 aromatic carbocycles. The number of benzene rings is 2. The molecular weight excluding hydrogens is 214 g/mol. The van der Waals surface area contributed by atoms with Crippen molar-refractivity contribution in [1.29, 1.82) is 0 Å². The van der Waals surface area contributed by atoms with Gasteiger partial charge < -0.3 is 5.11 Å². The van der Waals surface area contributed by atoms with E-state index in [4.69, 9.17) is 0 Å². The molecule has 0 aliphatic rings. The minimum atomic E-state index is -0.0680. The molecule has 0 saturated carbocycles. The maximum Gasteiger partial charge on any atom is 0.242 e. The van der Waals surface area contributed by atoms with E-state index in [9.17, 15) is 5.11 Å². The lowest BCUT2D eigenvalue weighted by molar-refractivity contribution is 0.448. The fourth-order valence-electron chi connectivity index (χ4n) is 2.16. The molecule has 3 aromatic rings. The van der Waals surface area contributed by atoms with Gasteiger partial charge in [-0.1, -0.05) is 28.9 Å². The molecule has 0 atom stereocenters. The smallest absolute Gasteiger partial charge is 0.242 e. The van der Waals surface area contributed by atoms with Crippen molar-refractivity contribution in [3.8, 4) is 5.88 Å². The van der Waals surface area contributed by atoms with Crippen molar-refractivity contribution in [2.75, 3.05) is 0 Å². The number of hydrogen-bond acceptors (Lipinski definition) is 4. The maximum absolute atomic E-state index is 9.71. The lowest BCUT2D eigenvalue weighted by atomic mass is 10.0. The van der Waals surface area contributed by atoms with Gasteiger partial charge in [-0.25, -0.2) is 0 Å². The lowest BCUT2D eigenvalue weighted by Gasteiger charge is -2.07. The molecule has 0 fully saturated rings. The van der Waals surface area contributed by atoms with Crippen molar-refractivity contribution in [1.82, 2.24) is 15.4 Å². The van der Waals surface area contributed by atoms with Crippen LogP contribution < -0.4 is 0 Å². The van der Waals surface area contributed by atoms with Gasteiger partial charge in [0.1, 0.15) is 5.52 Å². The van der Waals surface area contributed by atoms with Crippen molar-refractivity contribution < 1.29 is 5.11 Å². The third-order valence-electron chi connectivity index (χ3n) is 3.05. The van der Waals surface area contributed by atoms with Crippen molar-refractivity contribution in [2.24, 2.45) is 0 Å². The highest BCUT2D eigenvalue weighted by Gasteiger charge is 2.09. The molecule has 1 heterocycles. The van der Waals surface area contributed by atoms with Crippen LogP contribution >= 0.6 is 0 Å². The molecule has 0 radical (unpaired) electrons. The fourth-order valence-corrected chi connectivity index (χ4v) is 2.16. The van der Waals surface area contributed by atoms with E-state index in [0.717, 1.165) is 16.3 Å². The Labute approximate surface area is 97.9 Å². The minimum absolute atomic E-state index is 0.0680. The van der Waals surface area contributed by atoms with E-state index >= 15 is 0 Å². The van der Waals surface area contributed by atoms with Crippen molar-refractivity contribution in [3.05, 3.63) is 35.4 Å². The normalized spacial score (nSPS) is 11.2. The molecule has 4 heteroatoms. The third-order valence-corrected chi connectivity index (χ3v) is 3.05.